The topological polar surface area (TPSA) is 60.9 Å². The molecule has 1 saturated heterocycles. The lowest BCUT2D eigenvalue weighted by molar-refractivity contribution is -0.141. The second kappa shape index (κ2) is 6.08. The van der Waals surface area contributed by atoms with E-state index in [2.05, 4.69) is 23.1 Å². The van der Waals surface area contributed by atoms with Gasteiger partial charge in [0.05, 0.1) is 12.0 Å². The zero-order chi connectivity index (χ0) is 15.7. The lowest BCUT2D eigenvalue weighted by Crippen LogP contribution is -2.48. The van der Waals surface area contributed by atoms with Gasteiger partial charge in [0.25, 0.3) is 0 Å². The molecule has 2 heterocycles. The van der Waals surface area contributed by atoms with Crippen LogP contribution in [0.4, 0.5) is 0 Å². The first-order valence-corrected chi connectivity index (χ1v) is 7.88. The number of carboxylic acids is 1. The summed E-state index contributed by atoms with van der Waals surface area (Å²) in [5, 5.41) is 9.06. The fraction of sp³-hybridized carbons (Fsp3) is 0.529. The van der Waals surface area contributed by atoms with Crippen molar-refractivity contribution in [2.75, 3.05) is 19.6 Å². The Hall–Kier alpha value is -1.88. The molecule has 0 radical (unpaired) electrons. The number of carbonyl (C=O) groups is 2. The van der Waals surface area contributed by atoms with Crippen molar-refractivity contribution in [2.24, 2.45) is 5.92 Å². The first-order valence-electron chi connectivity index (χ1n) is 7.88. The Morgan fingerprint density at radius 3 is 2.64 bits per heavy atom. The molecule has 5 heteroatoms. The molecule has 3 rings (SSSR count). The normalized spacial score (nSPS) is 23.1. The number of carboxylic acid groups (broad SMARTS) is 1. The van der Waals surface area contributed by atoms with Crippen LogP contribution >= 0.6 is 0 Å². The number of rotatable bonds is 3. The van der Waals surface area contributed by atoms with E-state index < -0.39 is 11.9 Å². The van der Waals surface area contributed by atoms with Gasteiger partial charge in [-0.3, -0.25) is 14.5 Å². The van der Waals surface area contributed by atoms with Crippen molar-refractivity contribution >= 4 is 11.9 Å². The Morgan fingerprint density at radius 1 is 1.23 bits per heavy atom. The molecular weight excluding hydrogens is 280 g/mol. The molecule has 5 nitrogen and oxygen atoms in total. The Labute approximate surface area is 130 Å². The van der Waals surface area contributed by atoms with Crippen LogP contribution in [-0.4, -0.2) is 52.5 Å². The summed E-state index contributed by atoms with van der Waals surface area (Å²) in [6.07, 6.45) is 1.53. The molecule has 1 N–H and O–H groups in total. The van der Waals surface area contributed by atoms with Crippen molar-refractivity contribution in [1.82, 2.24) is 9.80 Å². The van der Waals surface area contributed by atoms with Crippen LogP contribution < -0.4 is 0 Å². The number of amides is 1. The highest BCUT2D eigenvalue weighted by atomic mass is 16.4. The van der Waals surface area contributed by atoms with Crippen molar-refractivity contribution in [2.45, 2.75) is 32.4 Å². The molecule has 22 heavy (non-hydrogen) atoms. The van der Waals surface area contributed by atoms with E-state index in [0.717, 1.165) is 19.5 Å². The Kier molecular flexibility index (Phi) is 4.16. The lowest BCUT2D eigenvalue weighted by atomic mass is 9.98. The smallest absolute Gasteiger partial charge is 0.308 e. The Balaban J connectivity index is 1.64. The van der Waals surface area contributed by atoms with Crippen molar-refractivity contribution in [3.63, 3.8) is 0 Å². The van der Waals surface area contributed by atoms with Gasteiger partial charge in [-0.05, 0) is 30.9 Å². The van der Waals surface area contributed by atoms with Gasteiger partial charge in [0.1, 0.15) is 0 Å². The average Bonchev–Trinajstić information content (AvgIpc) is 3.03. The van der Waals surface area contributed by atoms with Gasteiger partial charge in [-0.2, -0.15) is 0 Å². The number of aliphatic carboxylic acids is 1. The fourth-order valence-corrected chi connectivity index (χ4v) is 3.43. The molecule has 2 aliphatic heterocycles. The summed E-state index contributed by atoms with van der Waals surface area (Å²) in [7, 11) is 0. The van der Waals surface area contributed by atoms with Crippen LogP contribution in [0.2, 0.25) is 0 Å². The molecule has 1 fully saturated rings. The van der Waals surface area contributed by atoms with Gasteiger partial charge in [-0.15, -0.1) is 0 Å². The van der Waals surface area contributed by atoms with E-state index in [1.54, 1.807) is 4.90 Å². The van der Waals surface area contributed by atoms with E-state index in [4.69, 9.17) is 5.11 Å². The van der Waals surface area contributed by atoms with E-state index in [1.165, 1.54) is 11.1 Å². The van der Waals surface area contributed by atoms with Crippen LogP contribution in [0.5, 0.6) is 0 Å². The molecule has 2 unspecified atom stereocenters. The van der Waals surface area contributed by atoms with Gasteiger partial charge in [0.2, 0.25) is 5.91 Å². The second-order valence-corrected chi connectivity index (χ2v) is 6.27. The number of likely N-dealkylation sites (tertiary alicyclic amines) is 1. The van der Waals surface area contributed by atoms with Crippen LogP contribution in [0, 0.1) is 5.92 Å². The zero-order valence-electron chi connectivity index (χ0n) is 12.9. The molecule has 1 aromatic rings. The quantitative estimate of drug-likeness (QED) is 0.916. The first kappa shape index (κ1) is 15.0. The third-order valence-corrected chi connectivity index (χ3v) is 4.91. The van der Waals surface area contributed by atoms with E-state index >= 15 is 0 Å². The number of fused-ring (bicyclic) bond motifs is 1. The minimum Gasteiger partial charge on any atom is -0.481 e. The lowest BCUT2D eigenvalue weighted by Gasteiger charge is -2.34. The fourth-order valence-electron chi connectivity index (χ4n) is 3.43. The number of benzene rings is 1. The highest BCUT2D eigenvalue weighted by Crippen LogP contribution is 2.23. The average molecular weight is 302 g/mol. The molecule has 0 bridgehead atoms. The molecule has 0 aliphatic carbocycles. The van der Waals surface area contributed by atoms with Crippen LogP contribution in [0.3, 0.4) is 0 Å². The Morgan fingerprint density at radius 2 is 1.95 bits per heavy atom. The monoisotopic (exact) mass is 302 g/mol. The van der Waals surface area contributed by atoms with Gasteiger partial charge >= 0.3 is 5.97 Å². The molecule has 2 atom stereocenters. The molecule has 0 saturated carbocycles. The van der Waals surface area contributed by atoms with E-state index in [0.29, 0.717) is 19.5 Å². The molecule has 1 aromatic carbocycles. The summed E-state index contributed by atoms with van der Waals surface area (Å²) in [5.41, 5.74) is 2.66. The van der Waals surface area contributed by atoms with E-state index in [1.807, 2.05) is 13.0 Å². The summed E-state index contributed by atoms with van der Waals surface area (Å²) in [6, 6.07) is 8.17. The van der Waals surface area contributed by atoms with Crippen LogP contribution in [0.1, 0.15) is 24.5 Å². The van der Waals surface area contributed by atoms with Crippen LogP contribution in [-0.2, 0) is 22.6 Å². The highest BCUT2D eigenvalue weighted by molar-refractivity contribution is 5.83. The maximum absolute atomic E-state index is 12.6. The van der Waals surface area contributed by atoms with Gasteiger partial charge in [0.15, 0.2) is 0 Å². The number of nitrogens with zero attached hydrogens (tertiary/aromatic N) is 2. The van der Waals surface area contributed by atoms with Gasteiger partial charge in [-0.25, -0.2) is 0 Å². The largest absolute Gasteiger partial charge is 0.481 e. The minimum atomic E-state index is -0.796. The summed E-state index contributed by atoms with van der Waals surface area (Å²) < 4.78 is 0. The third-order valence-electron chi connectivity index (χ3n) is 4.91. The van der Waals surface area contributed by atoms with Crippen molar-refractivity contribution in [3.05, 3.63) is 35.4 Å². The minimum absolute atomic E-state index is 0.0585. The number of hydrogen-bond donors (Lipinski definition) is 1. The second-order valence-electron chi connectivity index (χ2n) is 6.27. The zero-order valence-corrected chi connectivity index (χ0v) is 12.9. The van der Waals surface area contributed by atoms with Gasteiger partial charge < -0.3 is 10.0 Å². The number of hydrogen-bond acceptors (Lipinski definition) is 3. The SMILES string of the molecule is CC(C(=O)N1CCC(C(=O)O)C1)N1CCc2ccccc2C1. The highest BCUT2D eigenvalue weighted by Gasteiger charge is 2.35. The molecule has 0 spiro atoms. The van der Waals surface area contributed by atoms with Crippen LogP contribution in [0.15, 0.2) is 24.3 Å². The molecule has 118 valence electrons. The molecule has 2 aliphatic rings. The molecule has 1 amide bonds. The first-order chi connectivity index (χ1) is 10.6. The van der Waals surface area contributed by atoms with Gasteiger partial charge in [-0.1, -0.05) is 24.3 Å². The molecule has 0 aromatic heterocycles. The summed E-state index contributed by atoms with van der Waals surface area (Å²) in [6.45, 7) is 4.51. The maximum atomic E-state index is 12.6. The van der Waals surface area contributed by atoms with Crippen molar-refractivity contribution < 1.29 is 14.7 Å². The summed E-state index contributed by atoms with van der Waals surface area (Å²) in [5.74, 6) is -1.14. The summed E-state index contributed by atoms with van der Waals surface area (Å²) >= 11 is 0. The predicted octanol–water partition coefficient (Wildman–Crippen LogP) is 1.37. The van der Waals surface area contributed by atoms with Crippen molar-refractivity contribution in [3.8, 4) is 0 Å². The van der Waals surface area contributed by atoms with Crippen molar-refractivity contribution in [1.29, 1.82) is 0 Å². The van der Waals surface area contributed by atoms with E-state index in [-0.39, 0.29) is 11.9 Å². The number of carbonyl (C=O) groups excluding carboxylic acids is 1. The van der Waals surface area contributed by atoms with Gasteiger partial charge in [0, 0.05) is 26.2 Å². The van der Waals surface area contributed by atoms with E-state index in [9.17, 15) is 9.59 Å². The maximum Gasteiger partial charge on any atom is 0.308 e. The molecular formula is C17H22N2O3. The standard InChI is InChI=1S/C17H22N2O3/c1-12(16(20)19-9-7-15(11-19)17(21)22)18-8-6-13-4-2-3-5-14(13)10-18/h2-5,12,15H,6-11H2,1H3,(H,21,22). The summed E-state index contributed by atoms with van der Waals surface area (Å²) in [4.78, 5) is 27.6. The third kappa shape index (κ3) is 2.86. The predicted molar refractivity (Wildman–Crippen MR) is 82.3 cm³/mol. The van der Waals surface area contributed by atoms with Crippen LogP contribution in [0.25, 0.3) is 0 Å². The Bertz CT molecular complexity index is 587.